The summed E-state index contributed by atoms with van der Waals surface area (Å²) in [5.41, 5.74) is 0.513. The fourth-order valence-electron chi connectivity index (χ4n) is 2.91. The van der Waals surface area contributed by atoms with Crippen LogP contribution < -0.4 is 10.6 Å². The Morgan fingerprint density at radius 3 is 2.00 bits per heavy atom. The maximum Gasteiger partial charge on any atom is 0.338 e. The second kappa shape index (κ2) is 11.5. The van der Waals surface area contributed by atoms with Gasteiger partial charge in [-0.15, -0.1) is 0 Å². The number of methoxy groups -OCH3 is 1. The Labute approximate surface area is 184 Å². The molecular weight excluding hydrogens is 400 g/mol. The minimum absolute atomic E-state index is 0.166. The van der Waals surface area contributed by atoms with Crippen LogP contribution in [0.25, 0.3) is 0 Å². The van der Waals surface area contributed by atoms with Crippen molar-refractivity contribution in [1.82, 2.24) is 10.6 Å². The summed E-state index contributed by atoms with van der Waals surface area (Å²) < 4.78 is 10.2. The summed E-state index contributed by atoms with van der Waals surface area (Å²) in [5, 5.41) is 5.30. The predicted molar refractivity (Wildman–Crippen MR) is 116 cm³/mol. The van der Waals surface area contributed by atoms with Gasteiger partial charge in [-0.2, -0.15) is 0 Å². The highest BCUT2D eigenvalue weighted by molar-refractivity contribution is 5.91. The lowest BCUT2D eigenvalue weighted by Crippen LogP contribution is -2.52. The second-order valence-electron chi connectivity index (χ2n) is 8.87. The second-order valence-corrected chi connectivity index (χ2v) is 8.87. The summed E-state index contributed by atoms with van der Waals surface area (Å²) in [4.78, 5) is 48.6. The van der Waals surface area contributed by atoms with Gasteiger partial charge in [0.25, 0.3) is 0 Å². The minimum Gasteiger partial charge on any atom is -0.467 e. The Hall–Kier alpha value is -2.90. The van der Waals surface area contributed by atoms with Crippen molar-refractivity contribution in [3.8, 4) is 0 Å². The number of hydrogen-bond donors (Lipinski definition) is 2. The van der Waals surface area contributed by atoms with Crippen molar-refractivity contribution in [3.63, 3.8) is 0 Å². The number of benzene rings is 1. The molecule has 0 aromatic heterocycles. The number of carbonyl (C=O) groups is 4. The zero-order chi connectivity index (χ0) is 23.8. The first-order valence-corrected chi connectivity index (χ1v) is 10.3. The summed E-state index contributed by atoms with van der Waals surface area (Å²) in [7, 11) is 1.24. The molecule has 0 fully saturated rings. The van der Waals surface area contributed by atoms with Gasteiger partial charge in [-0.05, 0) is 50.8 Å². The number of hydrogen-bond acceptors (Lipinski definition) is 6. The highest BCUT2D eigenvalue weighted by atomic mass is 16.6. The summed E-state index contributed by atoms with van der Waals surface area (Å²) in [6.07, 6.45) is 0.603. The van der Waals surface area contributed by atoms with Crippen molar-refractivity contribution < 1.29 is 28.7 Å². The number of amides is 2. The Bertz CT molecular complexity index is 780. The largest absolute Gasteiger partial charge is 0.467 e. The third kappa shape index (κ3) is 9.63. The standard InChI is InChI=1S/C23H34N2O6/c1-14(2)12-18(24-15(3)26)20(27)25-19(22(29)30-7)13-16-8-10-17(11-9-16)21(28)31-23(4,5)6/h8-11,14,18-19H,12-13H2,1-7H3,(H,24,26)(H,25,27)/t18-,19-/m0/s1. The Morgan fingerprint density at radius 1 is 0.968 bits per heavy atom. The molecule has 0 saturated heterocycles. The molecule has 31 heavy (non-hydrogen) atoms. The Morgan fingerprint density at radius 2 is 1.55 bits per heavy atom. The van der Waals surface area contributed by atoms with Gasteiger partial charge in [0.1, 0.15) is 17.7 Å². The van der Waals surface area contributed by atoms with Gasteiger partial charge in [0.2, 0.25) is 11.8 Å². The highest BCUT2D eigenvalue weighted by Crippen LogP contribution is 2.14. The van der Waals surface area contributed by atoms with Crippen LogP contribution in [-0.4, -0.2) is 48.5 Å². The van der Waals surface area contributed by atoms with Gasteiger partial charge in [0, 0.05) is 13.3 Å². The topological polar surface area (TPSA) is 111 Å². The van der Waals surface area contributed by atoms with Crippen molar-refractivity contribution in [2.75, 3.05) is 7.11 Å². The van der Waals surface area contributed by atoms with Gasteiger partial charge >= 0.3 is 11.9 Å². The van der Waals surface area contributed by atoms with Crippen LogP contribution in [0.3, 0.4) is 0 Å². The van der Waals surface area contributed by atoms with Crippen LogP contribution in [0, 0.1) is 5.92 Å². The maximum absolute atomic E-state index is 12.7. The fourth-order valence-corrected chi connectivity index (χ4v) is 2.91. The van der Waals surface area contributed by atoms with E-state index in [9.17, 15) is 19.2 Å². The van der Waals surface area contributed by atoms with E-state index in [4.69, 9.17) is 9.47 Å². The van der Waals surface area contributed by atoms with E-state index in [2.05, 4.69) is 10.6 Å². The predicted octanol–water partition coefficient (Wildman–Crippen LogP) is 2.39. The van der Waals surface area contributed by atoms with Crippen molar-refractivity contribution in [1.29, 1.82) is 0 Å². The third-order valence-corrected chi connectivity index (χ3v) is 4.23. The lowest BCUT2D eigenvalue weighted by molar-refractivity contribution is -0.145. The Kier molecular flexibility index (Phi) is 9.68. The van der Waals surface area contributed by atoms with Gasteiger partial charge in [-0.3, -0.25) is 9.59 Å². The minimum atomic E-state index is -0.937. The lowest BCUT2D eigenvalue weighted by Gasteiger charge is -2.23. The van der Waals surface area contributed by atoms with E-state index in [0.717, 1.165) is 5.56 Å². The van der Waals surface area contributed by atoms with Crippen molar-refractivity contribution in [3.05, 3.63) is 35.4 Å². The van der Waals surface area contributed by atoms with Crippen LogP contribution in [0.4, 0.5) is 0 Å². The normalized spacial score (nSPS) is 13.2. The molecular formula is C23H34N2O6. The number of carbonyl (C=O) groups excluding carboxylic acids is 4. The molecule has 0 heterocycles. The molecule has 8 nitrogen and oxygen atoms in total. The Balaban J connectivity index is 2.93. The number of ether oxygens (including phenoxy) is 2. The lowest BCUT2D eigenvalue weighted by atomic mass is 10.0. The average molecular weight is 435 g/mol. The molecule has 2 atom stereocenters. The number of rotatable bonds is 9. The van der Waals surface area contributed by atoms with Gasteiger partial charge in [0.05, 0.1) is 12.7 Å². The van der Waals surface area contributed by atoms with Crippen LogP contribution in [0.15, 0.2) is 24.3 Å². The highest BCUT2D eigenvalue weighted by Gasteiger charge is 2.27. The van der Waals surface area contributed by atoms with E-state index in [-0.39, 0.29) is 18.2 Å². The molecule has 1 aromatic carbocycles. The molecule has 0 unspecified atom stereocenters. The maximum atomic E-state index is 12.7. The van der Waals surface area contributed by atoms with Crippen molar-refractivity contribution in [2.24, 2.45) is 5.92 Å². The molecule has 0 bridgehead atoms. The van der Waals surface area contributed by atoms with E-state index >= 15 is 0 Å². The molecule has 0 radical (unpaired) electrons. The van der Waals surface area contributed by atoms with Crippen LogP contribution in [0.1, 0.15) is 63.9 Å². The van der Waals surface area contributed by atoms with Crippen molar-refractivity contribution in [2.45, 2.75) is 72.1 Å². The number of nitrogens with one attached hydrogen (secondary N) is 2. The molecule has 2 amide bonds. The summed E-state index contributed by atoms with van der Waals surface area (Å²) >= 11 is 0. The molecule has 0 saturated carbocycles. The molecule has 0 spiro atoms. The third-order valence-electron chi connectivity index (χ3n) is 4.23. The molecule has 1 aromatic rings. The monoisotopic (exact) mass is 434 g/mol. The van der Waals surface area contributed by atoms with E-state index in [1.54, 1.807) is 45.0 Å². The molecule has 1 rings (SSSR count). The summed E-state index contributed by atoms with van der Waals surface area (Å²) in [6, 6.07) is 4.92. The average Bonchev–Trinajstić information content (AvgIpc) is 2.64. The molecule has 8 heteroatoms. The van der Waals surface area contributed by atoms with Crippen LogP contribution in [0.5, 0.6) is 0 Å². The first-order valence-electron chi connectivity index (χ1n) is 10.3. The number of esters is 2. The smallest absolute Gasteiger partial charge is 0.338 e. The van der Waals surface area contributed by atoms with Crippen LogP contribution >= 0.6 is 0 Å². The molecule has 0 aliphatic rings. The zero-order valence-electron chi connectivity index (χ0n) is 19.4. The first kappa shape index (κ1) is 26.1. The quantitative estimate of drug-likeness (QED) is 0.578. The fraction of sp³-hybridized carbons (Fsp3) is 0.565. The van der Waals surface area contributed by atoms with E-state index in [0.29, 0.717) is 12.0 Å². The summed E-state index contributed by atoms with van der Waals surface area (Å²) in [5.74, 6) is -1.66. The van der Waals surface area contributed by atoms with Gasteiger partial charge < -0.3 is 20.1 Å². The zero-order valence-corrected chi connectivity index (χ0v) is 19.4. The summed E-state index contributed by atoms with van der Waals surface area (Å²) in [6.45, 7) is 10.6. The molecule has 2 N–H and O–H groups in total. The van der Waals surface area contributed by atoms with E-state index in [1.165, 1.54) is 14.0 Å². The van der Waals surface area contributed by atoms with Gasteiger partial charge in [0.15, 0.2) is 0 Å². The van der Waals surface area contributed by atoms with Gasteiger partial charge in [-0.1, -0.05) is 26.0 Å². The van der Waals surface area contributed by atoms with E-state index < -0.39 is 35.5 Å². The molecule has 0 aliphatic heterocycles. The van der Waals surface area contributed by atoms with E-state index in [1.807, 2.05) is 13.8 Å². The molecule has 172 valence electrons. The SMILES string of the molecule is COC(=O)[C@H](Cc1ccc(C(=O)OC(C)(C)C)cc1)NC(=O)[C@H](CC(C)C)NC(C)=O. The molecule has 0 aliphatic carbocycles. The van der Waals surface area contributed by atoms with Crippen LogP contribution in [-0.2, 0) is 30.3 Å². The van der Waals surface area contributed by atoms with Crippen LogP contribution in [0.2, 0.25) is 0 Å². The first-order chi connectivity index (χ1) is 14.3. The van der Waals surface area contributed by atoms with Crippen molar-refractivity contribution >= 4 is 23.8 Å². The van der Waals surface area contributed by atoms with Gasteiger partial charge in [-0.25, -0.2) is 9.59 Å².